The zero-order valence-electron chi connectivity index (χ0n) is 29.7. The van der Waals surface area contributed by atoms with Crippen molar-refractivity contribution >= 4 is 28.8 Å². The van der Waals surface area contributed by atoms with E-state index in [-0.39, 0.29) is 40.5 Å². The van der Waals surface area contributed by atoms with Crippen molar-refractivity contribution in [2.75, 3.05) is 25.0 Å². The Bertz CT molecular complexity index is 1450. The maximum Gasteiger partial charge on any atom is 0.351 e. The second-order valence-electron chi connectivity index (χ2n) is 14.6. The molecule has 4 atom stereocenters. The molecule has 13 heteroatoms. The van der Waals surface area contributed by atoms with Crippen LogP contribution in [-0.2, 0) is 22.5 Å². The molecule has 0 aliphatic carbocycles. The number of hydroxylamine groups is 2. The van der Waals surface area contributed by atoms with Crippen LogP contribution >= 0.6 is 0 Å². The molecule has 2 aromatic rings. The topological polar surface area (TPSA) is 113 Å². The van der Waals surface area contributed by atoms with Gasteiger partial charge in [0.25, 0.3) is 5.91 Å². The van der Waals surface area contributed by atoms with Gasteiger partial charge >= 0.3 is 22.8 Å². The molecule has 0 spiro atoms. The first kappa shape index (κ1) is 36.1. The van der Waals surface area contributed by atoms with Crippen LogP contribution in [0.1, 0.15) is 97.3 Å². The number of benzene rings is 1. The first-order chi connectivity index (χ1) is 22.2. The number of carbonyl (C=O) groups is 1. The number of unbranched alkanes of at least 4 members (excludes halogenated alkanes) is 1. The SMILES string of the molecule is CCCCN1C[C@@]23CO[Si](C(C)C)(C(C)C)O[Si](C(C)C)(C(C)C)OC2[C@H](O1)[C@H](n1cc(C)c(NC(=O)c2ccccc2)nc1=O)O3. The highest BCUT2D eigenvalue weighted by Crippen LogP contribution is 2.53. The summed E-state index contributed by atoms with van der Waals surface area (Å²) >= 11 is 0. The van der Waals surface area contributed by atoms with Crippen molar-refractivity contribution in [1.29, 1.82) is 0 Å². The van der Waals surface area contributed by atoms with Crippen molar-refractivity contribution in [3.05, 3.63) is 58.1 Å². The van der Waals surface area contributed by atoms with Crippen LogP contribution in [0.5, 0.6) is 0 Å². The summed E-state index contributed by atoms with van der Waals surface area (Å²) in [5, 5.41) is 4.77. The van der Waals surface area contributed by atoms with Gasteiger partial charge in [-0.05, 0) is 47.6 Å². The second kappa shape index (κ2) is 13.9. The highest BCUT2D eigenvalue weighted by atomic mass is 28.5. The third-order valence-electron chi connectivity index (χ3n) is 10.00. The van der Waals surface area contributed by atoms with Crippen molar-refractivity contribution < 1.29 is 27.3 Å². The molecule has 3 aliphatic heterocycles. The fourth-order valence-electron chi connectivity index (χ4n) is 7.37. The molecule has 2 bridgehead atoms. The molecule has 1 N–H and O–H groups in total. The highest BCUT2D eigenvalue weighted by Gasteiger charge is 2.69. The number of aromatic nitrogens is 2. The summed E-state index contributed by atoms with van der Waals surface area (Å²) in [7, 11) is -5.84. The first-order valence-electron chi connectivity index (χ1n) is 17.3. The van der Waals surface area contributed by atoms with E-state index in [4.69, 9.17) is 22.5 Å². The molecule has 1 amide bonds. The molecular weight excluding hydrogens is 633 g/mol. The van der Waals surface area contributed by atoms with Gasteiger partial charge < -0.3 is 23.0 Å². The summed E-state index contributed by atoms with van der Waals surface area (Å²) in [4.78, 5) is 37.7. The Morgan fingerprint density at radius 3 is 2.26 bits per heavy atom. The van der Waals surface area contributed by atoms with Crippen LogP contribution in [-0.4, -0.2) is 75.1 Å². The van der Waals surface area contributed by atoms with Crippen molar-refractivity contribution in [3.63, 3.8) is 0 Å². The van der Waals surface area contributed by atoms with E-state index in [0.29, 0.717) is 17.7 Å². The summed E-state index contributed by atoms with van der Waals surface area (Å²) in [5.74, 6) is -0.129. The van der Waals surface area contributed by atoms with E-state index in [1.807, 2.05) is 18.1 Å². The monoisotopic (exact) mass is 686 g/mol. The van der Waals surface area contributed by atoms with E-state index in [2.05, 4.69) is 72.6 Å². The molecule has 47 heavy (non-hydrogen) atoms. The molecule has 1 aromatic heterocycles. The van der Waals surface area contributed by atoms with Gasteiger partial charge in [0.1, 0.15) is 17.5 Å². The molecule has 260 valence electrons. The fourth-order valence-corrected chi connectivity index (χ4v) is 18.7. The Labute approximate surface area is 281 Å². The minimum Gasteiger partial charge on any atom is -0.414 e. The average Bonchev–Trinajstić information content (AvgIpc) is 3.17. The Morgan fingerprint density at radius 2 is 1.66 bits per heavy atom. The Hall–Kier alpha value is -2.24. The normalized spacial score (nSPS) is 27.2. The number of hydrogen-bond acceptors (Lipinski definition) is 9. The van der Waals surface area contributed by atoms with Crippen LogP contribution in [0.15, 0.2) is 41.3 Å². The predicted octanol–water partition coefficient (Wildman–Crippen LogP) is 6.44. The molecule has 1 aromatic carbocycles. The van der Waals surface area contributed by atoms with Gasteiger partial charge in [-0.2, -0.15) is 10.0 Å². The van der Waals surface area contributed by atoms with E-state index in [9.17, 15) is 9.59 Å². The van der Waals surface area contributed by atoms with Crippen LogP contribution in [0.2, 0.25) is 22.2 Å². The number of nitrogens with one attached hydrogen (secondary N) is 1. The molecule has 3 fully saturated rings. The van der Waals surface area contributed by atoms with Crippen molar-refractivity contribution in [2.45, 2.75) is 128 Å². The predicted molar refractivity (Wildman–Crippen MR) is 186 cm³/mol. The lowest BCUT2D eigenvalue weighted by molar-refractivity contribution is -0.269. The summed E-state index contributed by atoms with van der Waals surface area (Å²) in [6.07, 6.45) is 1.65. The molecule has 4 heterocycles. The molecular formula is C34H54N4O7Si2. The van der Waals surface area contributed by atoms with E-state index < -0.39 is 46.8 Å². The quantitative estimate of drug-likeness (QED) is 0.282. The highest BCUT2D eigenvalue weighted by molar-refractivity contribution is 6.84. The number of anilines is 1. The van der Waals surface area contributed by atoms with Gasteiger partial charge in [-0.1, -0.05) is 86.9 Å². The summed E-state index contributed by atoms with van der Waals surface area (Å²) in [6.45, 7) is 23.0. The van der Waals surface area contributed by atoms with Crippen molar-refractivity contribution in [2.24, 2.45) is 0 Å². The third kappa shape index (κ3) is 6.57. The number of aryl methyl sites for hydroxylation is 1. The van der Waals surface area contributed by atoms with Gasteiger partial charge in [-0.15, -0.1) is 0 Å². The number of carbonyl (C=O) groups excluding carboxylic acids is 1. The fraction of sp³-hybridized carbons (Fsp3) is 0.676. The van der Waals surface area contributed by atoms with Crippen LogP contribution in [0.4, 0.5) is 5.82 Å². The summed E-state index contributed by atoms with van der Waals surface area (Å²) < 4.78 is 30.6. The lowest BCUT2D eigenvalue weighted by atomic mass is 9.94. The molecule has 0 saturated carbocycles. The number of amides is 1. The van der Waals surface area contributed by atoms with Gasteiger partial charge in [-0.3, -0.25) is 14.2 Å². The second-order valence-corrected chi connectivity index (χ2v) is 23.5. The molecule has 5 rings (SSSR count). The van der Waals surface area contributed by atoms with E-state index >= 15 is 0 Å². The van der Waals surface area contributed by atoms with Crippen LogP contribution < -0.4 is 11.0 Å². The lowest BCUT2D eigenvalue weighted by Gasteiger charge is -2.55. The molecule has 0 radical (unpaired) electrons. The summed E-state index contributed by atoms with van der Waals surface area (Å²) in [6, 6.07) is 8.85. The minimum absolute atomic E-state index is 0.126. The molecule has 3 saturated heterocycles. The lowest BCUT2D eigenvalue weighted by Crippen LogP contribution is -2.71. The van der Waals surface area contributed by atoms with Gasteiger partial charge in [0.2, 0.25) is 0 Å². The van der Waals surface area contributed by atoms with Crippen LogP contribution in [0.25, 0.3) is 0 Å². The Kier molecular flexibility index (Phi) is 10.7. The number of hydrogen-bond donors (Lipinski definition) is 1. The van der Waals surface area contributed by atoms with Crippen molar-refractivity contribution in [1.82, 2.24) is 14.6 Å². The smallest absolute Gasteiger partial charge is 0.351 e. The van der Waals surface area contributed by atoms with E-state index in [0.717, 1.165) is 19.4 Å². The molecule has 3 aliphatic rings. The zero-order valence-corrected chi connectivity index (χ0v) is 31.7. The molecule has 11 nitrogen and oxygen atoms in total. The standard InChI is InChI=1S/C34H54N4O7Si2/c1-11-12-18-37-20-34-21-41-46(22(2)3,23(4)5)45-47(24(6)7,25(8)9)44-29(34)28(43-37)32(42-34)38-19-26(10)30(36-33(38)40)35-31(39)27-16-14-13-15-17-27/h13-17,19,22-25,28-29,32H,11-12,18,20-21H2,1-10H3,(H,35,36,39,40)/t28-,29?,32+,34+/m0/s1. The minimum atomic E-state index is -2.99. The Balaban J connectivity index is 1.58. The zero-order chi connectivity index (χ0) is 34.3. The van der Waals surface area contributed by atoms with Gasteiger partial charge in [0.05, 0.1) is 13.2 Å². The van der Waals surface area contributed by atoms with Crippen molar-refractivity contribution in [3.8, 4) is 0 Å². The number of ether oxygens (including phenoxy) is 1. The number of rotatable bonds is 10. The maximum absolute atomic E-state index is 13.8. The van der Waals surface area contributed by atoms with Gasteiger partial charge in [0, 0.05) is 23.9 Å². The van der Waals surface area contributed by atoms with Crippen LogP contribution in [0.3, 0.4) is 0 Å². The Morgan fingerprint density at radius 1 is 1.02 bits per heavy atom. The first-order valence-corrected chi connectivity index (χ1v) is 21.2. The largest absolute Gasteiger partial charge is 0.414 e. The maximum atomic E-state index is 13.8. The average molecular weight is 687 g/mol. The van der Waals surface area contributed by atoms with Crippen LogP contribution in [0, 0.1) is 6.92 Å². The van der Waals surface area contributed by atoms with E-state index in [1.54, 1.807) is 30.5 Å². The van der Waals surface area contributed by atoms with Gasteiger partial charge in [-0.25, -0.2) is 4.79 Å². The molecule has 1 unspecified atom stereocenters. The summed E-state index contributed by atoms with van der Waals surface area (Å²) in [5.41, 5.74) is 0.263. The third-order valence-corrected chi connectivity index (χ3v) is 20.2. The van der Waals surface area contributed by atoms with Gasteiger partial charge in [0.15, 0.2) is 12.3 Å². The van der Waals surface area contributed by atoms with E-state index in [1.165, 1.54) is 4.57 Å². The number of nitrogens with zero attached hydrogens (tertiary/aromatic N) is 3.